The molecule has 0 spiro atoms. The molecule has 6 heteroatoms. The second-order valence-electron chi connectivity index (χ2n) is 9.76. The highest BCUT2D eigenvalue weighted by molar-refractivity contribution is 5.97. The van der Waals surface area contributed by atoms with Crippen LogP contribution in [0.5, 0.6) is 0 Å². The van der Waals surface area contributed by atoms with Crippen LogP contribution in [0.15, 0.2) is 52.9 Å². The highest BCUT2D eigenvalue weighted by atomic mass is 16.3. The van der Waals surface area contributed by atoms with Crippen molar-refractivity contribution in [3.05, 3.63) is 54.1 Å². The molecule has 0 atom stereocenters. The van der Waals surface area contributed by atoms with Crippen molar-refractivity contribution in [1.82, 2.24) is 15.2 Å². The van der Waals surface area contributed by atoms with Crippen LogP contribution in [-0.2, 0) is 4.79 Å². The summed E-state index contributed by atoms with van der Waals surface area (Å²) in [5.74, 6) is 1.11. The molecule has 1 aromatic heterocycles. The van der Waals surface area contributed by atoms with Gasteiger partial charge in [0.2, 0.25) is 11.8 Å². The first kappa shape index (κ1) is 22.6. The summed E-state index contributed by atoms with van der Waals surface area (Å²) in [5, 5.41) is 3.26. The Morgan fingerprint density at radius 3 is 2.41 bits per heavy atom. The average molecular weight is 460 g/mol. The predicted molar refractivity (Wildman–Crippen MR) is 132 cm³/mol. The normalized spacial score (nSPS) is 18.1. The van der Waals surface area contributed by atoms with Gasteiger partial charge in [0.05, 0.1) is 0 Å². The fraction of sp³-hybridized carbons (Fsp3) is 0.464. The molecule has 6 nitrogen and oxygen atoms in total. The number of piperidine rings is 1. The van der Waals surface area contributed by atoms with E-state index in [1.165, 1.54) is 25.7 Å². The van der Waals surface area contributed by atoms with Crippen LogP contribution in [0, 0.1) is 5.92 Å². The minimum atomic E-state index is 0.0209. The van der Waals surface area contributed by atoms with Crippen LogP contribution < -0.4 is 5.32 Å². The van der Waals surface area contributed by atoms with Gasteiger partial charge in [-0.05, 0) is 61.9 Å². The molecule has 0 unspecified atom stereocenters. The lowest BCUT2D eigenvalue weighted by Gasteiger charge is -2.32. The van der Waals surface area contributed by atoms with Gasteiger partial charge in [0, 0.05) is 36.7 Å². The summed E-state index contributed by atoms with van der Waals surface area (Å²) < 4.78 is 5.87. The summed E-state index contributed by atoms with van der Waals surface area (Å²) in [4.78, 5) is 32.2. The lowest BCUT2D eigenvalue weighted by atomic mass is 9.92. The average Bonchev–Trinajstić information content (AvgIpc) is 3.13. The van der Waals surface area contributed by atoms with Crippen molar-refractivity contribution in [2.45, 2.75) is 63.8 Å². The quantitative estimate of drug-likeness (QED) is 0.506. The summed E-state index contributed by atoms with van der Waals surface area (Å²) in [6, 6.07) is 15.6. The van der Waals surface area contributed by atoms with Crippen LogP contribution >= 0.6 is 0 Å². The zero-order valence-corrected chi connectivity index (χ0v) is 19.7. The van der Waals surface area contributed by atoms with Gasteiger partial charge in [-0.3, -0.25) is 9.59 Å². The summed E-state index contributed by atoms with van der Waals surface area (Å²) in [7, 11) is 0. The van der Waals surface area contributed by atoms with Crippen LogP contribution in [-0.4, -0.2) is 40.8 Å². The van der Waals surface area contributed by atoms with Crippen LogP contribution in [0.4, 0.5) is 0 Å². The Morgan fingerprint density at radius 1 is 0.941 bits per heavy atom. The number of fused-ring (bicyclic) bond motifs is 1. The number of nitrogens with one attached hydrogen (secondary N) is 1. The van der Waals surface area contributed by atoms with Crippen molar-refractivity contribution in [1.29, 1.82) is 0 Å². The SMILES string of the molecule is O=C(CC1CCN(C(=O)c2ccc3oc(-c4ccccc4)nc3c2)CC1)NC1CCCCCC1. The van der Waals surface area contributed by atoms with E-state index in [1.807, 2.05) is 53.4 Å². The third-order valence-corrected chi connectivity index (χ3v) is 7.25. The second-order valence-corrected chi connectivity index (χ2v) is 9.76. The number of hydrogen-bond donors (Lipinski definition) is 1. The fourth-order valence-corrected chi connectivity index (χ4v) is 5.26. The van der Waals surface area contributed by atoms with Gasteiger partial charge in [-0.15, -0.1) is 0 Å². The maximum Gasteiger partial charge on any atom is 0.253 e. The number of amides is 2. The molecular formula is C28H33N3O3. The Morgan fingerprint density at radius 2 is 1.68 bits per heavy atom. The van der Waals surface area contributed by atoms with E-state index in [9.17, 15) is 9.59 Å². The van der Waals surface area contributed by atoms with Crippen molar-refractivity contribution in [3.63, 3.8) is 0 Å². The van der Waals surface area contributed by atoms with Gasteiger partial charge >= 0.3 is 0 Å². The smallest absolute Gasteiger partial charge is 0.253 e. The van der Waals surface area contributed by atoms with Crippen LogP contribution in [0.1, 0.15) is 68.1 Å². The zero-order chi connectivity index (χ0) is 23.3. The van der Waals surface area contributed by atoms with Gasteiger partial charge in [-0.25, -0.2) is 4.98 Å². The zero-order valence-electron chi connectivity index (χ0n) is 19.7. The van der Waals surface area contributed by atoms with E-state index >= 15 is 0 Å². The summed E-state index contributed by atoms with van der Waals surface area (Å²) in [6.45, 7) is 1.37. The van der Waals surface area contributed by atoms with Gasteiger partial charge < -0.3 is 14.6 Å². The van der Waals surface area contributed by atoms with Gasteiger partial charge in [-0.2, -0.15) is 0 Å². The molecule has 2 heterocycles. The minimum Gasteiger partial charge on any atom is -0.436 e. The van der Waals surface area contributed by atoms with Gasteiger partial charge in [-0.1, -0.05) is 43.9 Å². The van der Waals surface area contributed by atoms with Crippen molar-refractivity contribution in [2.75, 3.05) is 13.1 Å². The fourth-order valence-electron chi connectivity index (χ4n) is 5.26. The van der Waals surface area contributed by atoms with E-state index in [4.69, 9.17) is 4.42 Å². The molecule has 1 aliphatic carbocycles. The summed E-state index contributed by atoms with van der Waals surface area (Å²) in [5.41, 5.74) is 2.91. The highest BCUT2D eigenvalue weighted by Crippen LogP contribution is 2.27. The molecule has 0 radical (unpaired) electrons. The molecule has 0 bridgehead atoms. The largest absolute Gasteiger partial charge is 0.436 e. The summed E-state index contributed by atoms with van der Waals surface area (Å²) in [6.07, 6.45) is 9.56. The van der Waals surface area contributed by atoms with Gasteiger partial charge in [0.1, 0.15) is 5.52 Å². The van der Waals surface area contributed by atoms with Crippen LogP contribution in [0.2, 0.25) is 0 Å². The van der Waals surface area contributed by atoms with Crippen molar-refractivity contribution < 1.29 is 14.0 Å². The molecule has 2 fully saturated rings. The Balaban J connectivity index is 1.15. The van der Waals surface area contributed by atoms with E-state index < -0.39 is 0 Å². The first-order valence-corrected chi connectivity index (χ1v) is 12.7. The molecule has 2 amide bonds. The molecule has 1 aliphatic heterocycles. The first-order chi connectivity index (χ1) is 16.7. The third kappa shape index (κ3) is 5.32. The number of likely N-dealkylation sites (tertiary alicyclic amines) is 1. The van der Waals surface area contributed by atoms with E-state index in [0.29, 0.717) is 54.0 Å². The molecule has 1 N–H and O–H groups in total. The third-order valence-electron chi connectivity index (χ3n) is 7.25. The maximum atomic E-state index is 13.1. The molecular weight excluding hydrogens is 426 g/mol. The molecule has 178 valence electrons. The van der Waals surface area contributed by atoms with E-state index in [-0.39, 0.29) is 11.8 Å². The number of benzene rings is 2. The van der Waals surface area contributed by atoms with Gasteiger partial charge in [0.25, 0.3) is 5.91 Å². The van der Waals surface area contributed by atoms with Gasteiger partial charge in [0.15, 0.2) is 5.58 Å². The lowest BCUT2D eigenvalue weighted by Crippen LogP contribution is -2.41. The summed E-state index contributed by atoms with van der Waals surface area (Å²) >= 11 is 0. The number of rotatable bonds is 5. The predicted octanol–water partition coefficient (Wildman–Crippen LogP) is 5.58. The molecule has 1 saturated carbocycles. The molecule has 34 heavy (non-hydrogen) atoms. The maximum absolute atomic E-state index is 13.1. The van der Waals surface area contributed by atoms with Crippen molar-refractivity contribution >= 4 is 22.9 Å². The van der Waals surface area contributed by atoms with Crippen LogP contribution in [0.25, 0.3) is 22.6 Å². The number of oxazole rings is 1. The number of aromatic nitrogens is 1. The Bertz CT molecular complexity index is 1120. The van der Waals surface area contributed by atoms with Crippen molar-refractivity contribution in [2.24, 2.45) is 5.92 Å². The number of carbonyl (C=O) groups is 2. The molecule has 5 rings (SSSR count). The standard InChI is InChI=1S/C28H33N3O3/c32-26(29-23-10-6-1-2-7-11-23)18-20-14-16-31(17-15-20)28(33)22-12-13-25-24(19-22)30-27(34-25)21-8-4-3-5-9-21/h3-5,8-9,12-13,19-20,23H,1-2,6-7,10-11,14-18H2,(H,29,32). The number of carbonyl (C=O) groups excluding carboxylic acids is 2. The van der Waals surface area contributed by atoms with Crippen molar-refractivity contribution in [3.8, 4) is 11.5 Å². The first-order valence-electron chi connectivity index (χ1n) is 12.7. The topological polar surface area (TPSA) is 75.4 Å². The minimum absolute atomic E-state index is 0.0209. The Labute approximate surface area is 200 Å². The number of nitrogens with zero attached hydrogens (tertiary/aromatic N) is 2. The molecule has 2 aromatic carbocycles. The Kier molecular flexibility index (Phi) is 6.93. The van der Waals surface area contributed by atoms with E-state index in [1.54, 1.807) is 0 Å². The molecule has 2 aliphatic rings. The molecule has 1 saturated heterocycles. The monoisotopic (exact) mass is 459 g/mol. The highest BCUT2D eigenvalue weighted by Gasteiger charge is 2.26. The Hall–Kier alpha value is -3.15. The van der Waals surface area contributed by atoms with E-state index in [0.717, 1.165) is 31.2 Å². The van der Waals surface area contributed by atoms with E-state index in [2.05, 4.69) is 10.3 Å². The van der Waals surface area contributed by atoms with Crippen LogP contribution in [0.3, 0.4) is 0 Å². The second kappa shape index (κ2) is 10.4. The lowest BCUT2D eigenvalue weighted by molar-refractivity contribution is -0.123. The molecule has 3 aromatic rings. The number of hydrogen-bond acceptors (Lipinski definition) is 4.